The lowest BCUT2D eigenvalue weighted by atomic mass is 10.2. The summed E-state index contributed by atoms with van der Waals surface area (Å²) < 4.78 is 5.10. The highest BCUT2D eigenvalue weighted by atomic mass is 35.5. The molecule has 0 aliphatic carbocycles. The summed E-state index contributed by atoms with van der Waals surface area (Å²) in [5.41, 5.74) is 0.646. The number of hydrogen-bond donors (Lipinski definition) is 2. The molecule has 100 valence electrons. The van der Waals surface area contributed by atoms with Gasteiger partial charge in [-0.05, 0) is 18.2 Å². The molecule has 2 aromatic rings. The fraction of sp³-hybridized carbons (Fsp3) is 0.0833. The maximum atomic E-state index is 10.9. The van der Waals surface area contributed by atoms with E-state index in [9.17, 15) is 4.79 Å². The molecule has 0 amide bonds. The molecule has 19 heavy (non-hydrogen) atoms. The van der Waals surface area contributed by atoms with Gasteiger partial charge in [-0.15, -0.1) is 0 Å². The largest absolute Gasteiger partial charge is 0.478 e. The number of aromatic carboxylic acids is 1. The molecule has 0 aliphatic rings. The number of halogens is 3. The average molecular weight is 321 g/mol. The van der Waals surface area contributed by atoms with E-state index in [1.807, 2.05) is 0 Å². The van der Waals surface area contributed by atoms with Crippen molar-refractivity contribution in [2.24, 2.45) is 0 Å². The lowest BCUT2D eigenvalue weighted by Gasteiger charge is -2.09. The van der Waals surface area contributed by atoms with Crippen LogP contribution in [0.25, 0.3) is 0 Å². The SMILES string of the molecule is O=C(O)c1ccoc1CNc1cc(Cl)c(Cl)cc1Cl. The van der Waals surface area contributed by atoms with Gasteiger partial charge in [-0.2, -0.15) is 0 Å². The summed E-state index contributed by atoms with van der Waals surface area (Å²) in [6.45, 7) is 0.173. The zero-order valence-corrected chi connectivity index (χ0v) is 11.7. The number of rotatable bonds is 4. The fourth-order valence-corrected chi connectivity index (χ4v) is 2.12. The lowest BCUT2D eigenvalue weighted by Crippen LogP contribution is -2.05. The molecule has 0 spiro atoms. The van der Waals surface area contributed by atoms with Crippen molar-refractivity contribution in [3.8, 4) is 0 Å². The third kappa shape index (κ3) is 3.15. The second kappa shape index (κ2) is 5.74. The standard InChI is InChI=1S/C12H8Cl3NO3/c13-7-3-9(15)10(4-8(7)14)16-5-11-6(12(17)18)1-2-19-11/h1-4,16H,5H2,(H,17,18). The van der Waals surface area contributed by atoms with E-state index in [1.165, 1.54) is 18.4 Å². The van der Waals surface area contributed by atoms with Crippen LogP contribution in [0.2, 0.25) is 15.1 Å². The first-order valence-corrected chi connectivity index (χ1v) is 6.30. The molecule has 0 aliphatic heterocycles. The molecule has 0 atom stereocenters. The molecule has 1 aromatic heterocycles. The van der Waals surface area contributed by atoms with Crippen LogP contribution in [0.3, 0.4) is 0 Å². The minimum absolute atomic E-state index is 0.101. The van der Waals surface area contributed by atoms with Gasteiger partial charge in [-0.25, -0.2) is 4.79 Å². The van der Waals surface area contributed by atoms with Crippen molar-refractivity contribution in [3.63, 3.8) is 0 Å². The van der Waals surface area contributed by atoms with Gasteiger partial charge in [0.25, 0.3) is 0 Å². The van der Waals surface area contributed by atoms with Gasteiger partial charge >= 0.3 is 5.97 Å². The smallest absolute Gasteiger partial charge is 0.339 e. The summed E-state index contributed by atoms with van der Waals surface area (Å²) in [7, 11) is 0. The second-order valence-electron chi connectivity index (χ2n) is 3.66. The van der Waals surface area contributed by atoms with Gasteiger partial charge in [-0.1, -0.05) is 34.8 Å². The number of furan rings is 1. The molecule has 0 saturated carbocycles. The third-order valence-electron chi connectivity index (χ3n) is 2.43. The summed E-state index contributed by atoms with van der Waals surface area (Å²) in [6.07, 6.45) is 1.32. The van der Waals surface area contributed by atoms with Crippen LogP contribution in [0.4, 0.5) is 5.69 Å². The number of carboxylic acids is 1. The van der Waals surface area contributed by atoms with E-state index in [0.29, 0.717) is 26.5 Å². The molecule has 1 aromatic carbocycles. The van der Waals surface area contributed by atoms with Gasteiger partial charge in [0, 0.05) is 0 Å². The van der Waals surface area contributed by atoms with E-state index in [4.69, 9.17) is 44.3 Å². The molecule has 0 saturated heterocycles. The van der Waals surface area contributed by atoms with Crippen molar-refractivity contribution in [2.75, 3.05) is 5.32 Å². The van der Waals surface area contributed by atoms with Crippen LogP contribution < -0.4 is 5.32 Å². The summed E-state index contributed by atoms with van der Waals surface area (Å²) in [5, 5.41) is 13.0. The Morgan fingerprint density at radius 1 is 1.21 bits per heavy atom. The van der Waals surface area contributed by atoms with Crippen LogP contribution in [0.15, 0.2) is 28.9 Å². The predicted octanol–water partition coefficient (Wildman–Crippen LogP) is 4.55. The van der Waals surface area contributed by atoms with Crippen LogP contribution in [0.1, 0.15) is 16.1 Å². The number of hydrogen-bond acceptors (Lipinski definition) is 3. The Morgan fingerprint density at radius 2 is 1.89 bits per heavy atom. The number of carboxylic acid groups (broad SMARTS) is 1. The highest BCUT2D eigenvalue weighted by molar-refractivity contribution is 6.44. The van der Waals surface area contributed by atoms with Crippen molar-refractivity contribution in [1.82, 2.24) is 0 Å². The molecule has 7 heteroatoms. The molecule has 0 fully saturated rings. The van der Waals surface area contributed by atoms with E-state index in [0.717, 1.165) is 0 Å². The Labute approximate surface area is 123 Å². The quantitative estimate of drug-likeness (QED) is 0.811. The third-order valence-corrected chi connectivity index (χ3v) is 3.46. The van der Waals surface area contributed by atoms with Crippen molar-refractivity contribution in [1.29, 1.82) is 0 Å². The number of anilines is 1. The molecular formula is C12H8Cl3NO3. The molecule has 4 nitrogen and oxygen atoms in total. The maximum Gasteiger partial charge on any atom is 0.339 e. The van der Waals surface area contributed by atoms with E-state index in [-0.39, 0.29) is 12.1 Å². The van der Waals surface area contributed by atoms with Crippen LogP contribution in [-0.2, 0) is 6.54 Å². The van der Waals surface area contributed by atoms with E-state index in [1.54, 1.807) is 6.07 Å². The molecule has 1 heterocycles. The van der Waals surface area contributed by atoms with Gasteiger partial charge < -0.3 is 14.8 Å². The fourth-order valence-electron chi connectivity index (χ4n) is 1.50. The first-order chi connectivity index (χ1) is 8.99. The van der Waals surface area contributed by atoms with Crippen molar-refractivity contribution >= 4 is 46.5 Å². The van der Waals surface area contributed by atoms with Crippen LogP contribution in [0, 0.1) is 0 Å². The highest BCUT2D eigenvalue weighted by Gasteiger charge is 2.13. The van der Waals surface area contributed by atoms with Crippen LogP contribution >= 0.6 is 34.8 Å². The minimum atomic E-state index is -1.05. The van der Waals surface area contributed by atoms with Gasteiger partial charge in [0.2, 0.25) is 0 Å². The summed E-state index contributed by atoms with van der Waals surface area (Å²) in [5.74, 6) is -0.750. The Balaban J connectivity index is 2.17. The van der Waals surface area contributed by atoms with Crippen molar-refractivity contribution in [3.05, 3.63) is 50.9 Å². The molecule has 0 unspecified atom stereocenters. The molecule has 2 rings (SSSR count). The predicted molar refractivity (Wildman–Crippen MR) is 74.5 cm³/mol. The minimum Gasteiger partial charge on any atom is -0.478 e. The average Bonchev–Trinajstić information content (AvgIpc) is 2.80. The zero-order valence-electron chi connectivity index (χ0n) is 9.41. The van der Waals surface area contributed by atoms with Gasteiger partial charge in [0.15, 0.2) is 0 Å². The van der Waals surface area contributed by atoms with E-state index >= 15 is 0 Å². The number of nitrogens with one attached hydrogen (secondary N) is 1. The number of benzene rings is 1. The molecule has 2 N–H and O–H groups in total. The molecule has 0 bridgehead atoms. The Hall–Kier alpha value is -1.36. The number of carbonyl (C=O) groups is 1. The molecule has 0 radical (unpaired) electrons. The van der Waals surface area contributed by atoms with Gasteiger partial charge in [-0.3, -0.25) is 0 Å². The van der Waals surface area contributed by atoms with Crippen LogP contribution in [-0.4, -0.2) is 11.1 Å². The molecular weight excluding hydrogens is 312 g/mol. The topological polar surface area (TPSA) is 62.5 Å². The van der Waals surface area contributed by atoms with Crippen molar-refractivity contribution in [2.45, 2.75) is 6.54 Å². The van der Waals surface area contributed by atoms with E-state index in [2.05, 4.69) is 5.32 Å². The first-order valence-electron chi connectivity index (χ1n) is 5.17. The Kier molecular flexibility index (Phi) is 4.24. The summed E-state index contributed by atoms with van der Waals surface area (Å²) in [6, 6.07) is 4.46. The summed E-state index contributed by atoms with van der Waals surface area (Å²) >= 11 is 17.7. The van der Waals surface area contributed by atoms with Crippen LogP contribution in [0.5, 0.6) is 0 Å². The lowest BCUT2D eigenvalue weighted by molar-refractivity contribution is 0.0694. The summed E-state index contributed by atoms with van der Waals surface area (Å²) in [4.78, 5) is 10.9. The van der Waals surface area contributed by atoms with E-state index < -0.39 is 5.97 Å². The zero-order chi connectivity index (χ0) is 14.0. The van der Waals surface area contributed by atoms with Gasteiger partial charge in [0.1, 0.15) is 11.3 Å². The Morgan fingerprint density at radius 3 is 2.58 bits per heavy atom. The first kappa shape index (κ1) is 14.1. The monoisotopic (exact) mass is 319 g/mol. The Bertz CT molecular complexity index is 625. The highest BCUT2D eigenvalue weighted by Crippen LogP contribution is 2.32. The second-order valence-corrected chi connectivity index (χ2v) is 4.88. The normalized spacial score (nSPS) is 10.5. The van der Waals surface area contributed by atoms with Crippen molar-refractivity contribution < 1.29 is 14.3 Å². The maximum absolute atomic E-state index is 10.9. The van der Waals surface area contributed by atoms with Gasteiger partial charge in [0.05, 0.1) is 33.6 Å².